The molecule has 1 rings (SSSR count). The van der Waals surface area contributed by atoms with Crippen LogP contribution in [0.25, 0.3) is 0 Å². The van der Waals surface area contributed by atoms with Crippen molar-refractivity contribution in [3.8, 4) is 0 Å². The second kappa shape index (κ2) is 4.60. The lowest BCUT2D eigenvalue weighted by Crippen LogP contribution is -2.42. The third kappa shape index (κ3) is 3.56. The summed E-state index contributed by atoms with van der Waals surface area (Å²) < 4.78 is 5.55. The fourth-order valence-electron chi connectivity index (χ4n) is 1.93. The largest absolute Gasteiger partial charge is 0.377 e. The van der Waals surface area contributed by atoms with Gasteiger partial charge in [0.15, 0.2) is 0 Å². The second-order valence-corrected chi connectivity index (χ2v) is 5.15. The second-order valence-electron chi connectivity index (χ2n) is 5.15. The molecular formula is C11H24N2O. The van der Waals surface area contributed by atoms with E-state index in [-0.39, 0.29) is 5.54 Å². The summed E-state index contributed by atoms with van der Waals surface area (Å²) in [6.45, 7) is 8.27. The van der Waals surface area contributed by atoms with Crippen LogP contribution < -0.4 is 5.73 Å². The van der Waals surface area contributed by atoms with Crippen molar-refractivity contribution in [3.05, 3.63) is 0 Å². The van der Waals surface area contributed by atoms with Crippen molar-refractivity contribution in [1.29, 1.82) is 0 Å². The van der Waals surface area contributed by atoms with Crippen molar-refractivity contribution >= 4 is 0 Å². The Morgan fingerprint density at radius 1 is 1.50 bits per heavy atom. The Morgan fingerprint density at radius 2 is 2.14 bits per heavy atom. The first-order chi connectivity index (χ1) is 6.40. The van der Waals surface area contributed by atoms with Gasteiger partial charge in [0.1, 0.15) is 0 Å². The fraction of sp³-hybridized carbons (Fsp3) is 1.00. The zero-order valence-corrected chi connectivity index (χ0v) is 9.92. The number of nitrogens with zero attached hydrogens (tertiary/aromatic N) is 1. The zero-order valence-electron chi connectivity index (χ0n) is 9.92. The summed E-state index contributed by atoms with van der Waals surface area (Å²) in [6.07, 6.45) is 2.57. The van der Waals surface area contributed by atoms with Crippen LogP contribution in [0.1, 0.15) is 33.6 Å². The summed E-state index contributed by atoms with van der Waals surface area (Å²) in [5.41, 5.74) is 5.90. The molecule has 3 nitrogen and oxygen atoms in total. The number of rotatable bonds is 4. The van der Waals surface area contributed by atoms with Crippen molar-refractivity contribution in [2.75, 3.05) is 20.2 Å². The highest BCUT2D eigenvalue weighted by molar-refractivity contribution is 4.82. The summed E-state index contributed by atoms with van der Waals surface area (Å²) in [6, 6.07) is 0.581. The van der Waals surface area contributed by atoms with Gasteiger partial charge < -0.3 is 15.4 Å². The first-order valence-electron chi connectivity index (χ1n) is 5.51. The van der Waals surface area contributed by atoms with Gasteiger partial charge in [-0.15, -0.1) is 0 Å². The Labute approximate surface area is 87.6 Å². The molecule has 14 heavy (non-hydrogen) atoms. The molecule has 0 amide bonds. The maximum absolute atomic E-state index is 5.96. The predicted molar refractivity (Wildman–Crippen MR) is 59.3 cm³/mol. The number of hydrogen-bond acceptors (Lipinski definition) is 3. The number of nitrogens with two attached hydrogens (primary N) is 1. The lowest BCUT2D eigenvalue weighted by Gasteiger charge is -2.29. The van der Waals surface area contributed by atoms with E-state index in [9.17, 15) is 0 Å². The van der Waals surface area contributed by atoms with Crippen molar-refractivity contribution in [1.82, 2.24) is 4.90 Å². The van der Waals surface area contributed by atoms with Gasteiger partial charge in [0, 0.05) is 18.2 Å². The molecule has 0 aliphatic carbocycles. The lowest BCUT2D eigenvalue weighted by molar-refractivity contribution is 0.0816. The lowest BCUT2D eigenvalue weighted by atomic mass is 10.0. The topological polar surface area (TPSA) is 38.5 Å². The maximum atomic E-state index is 5.96. The van der Waals surface area contributed by atoms with Crippen LogP contribution in [0.5, 0.6) is 0 Å². The van der Waals surface area contributed by atoms with Gasteiger partial charge in [0.05, 0.1) is 6.10 Å². The van der Waals surface area contributed by atoms with E-state index in [0.717, 1.165) is 26.0 Å². The van der Waals surface area contributed by atoms with Gasteiger partial charge in [-0.1, -0.05) is 0 Å². The van der Waals surface area contributed by atoms with Crippen LogP contribution in [-0.2, 0) is 4.74 Å². The van der Waals surface area contributed by atoms with Crippen molar-refractivity contribution in [2.24, 2.45) is 5.73 Å². The molecule has 0 bridgehead atoms. The van der Waals surface area contributed by atoms with E-state index in [1.807, 2.05) is 0 Å². The molecule has 0 aromatic heterocycles. The first-order valence-corrected chi connectivity index (χ1v) is 5.51. The molecule has 2 N–H and O–H groups in total. The highest BCUT2D eigenvalue weighted by atomic mass is 16.5. The van der Waals surface area contributed by atoms with Crippen molar-refractivity contribution in [3.63, 3.8) is 0 Å². The Morgan fingerprint density at radius 3 is 2.57 bits per heavy atom. The number of likely N-dealkylation sites (N-methyl/N-ethyl adjacent to an activating group) is 1. The van der Waals surface area contributed by atoms with Gasteiger partial charge in [-0.25, -0.2) is 0 Å². The van der Waals surface area contributed by atoms with E-state index < -0.39 is 0 Å². The monoisotopic (exact) mass is 200 g/mol. The molecule has 0 saturated carbocycles. The summed E-state index contributed by atoms with van der Waals surface area (Å²) >= 11 is 0. The molecule has 1 aliphatic heterocycles. The Bertz CT molecular complexity index is 177. The van der Waals surface area contributed by atoms with E-state index in [4.69, 9.17) is 10.5 Å². The van der Waals surface area contributed by atoms with Crippen LogP contribution in [0.2, 0.25) is 0 Å². The average molecular weight is 200 g/mol. The minimum atomic E-state index is -0.0586. The molecule has 1 heterocycles. The van der Waals surface area contributed by atoms with E-state index in [1.165, 1.54) is 0 Å². The maximum Gasteiger partial charge on any atom is 0.0702 e. The van der Waals surface area contributed by atoms with Gasteiger partial charge in [-0.2, -0.15) is 0 Å². The molecule has 1 fully saturated rings. The van der Waals surface area contributed by atoms with Crippen LogP contribution in [-0.4, -0.2) is 42.8 Å². The Kier molecular flexibility index (Phi) is 3.93. The van der Waals surface area contributed by atoms with Crippen LogP contribution in [0.3, 0.4) is 0 Å². The summed E-state index contributed by atoms with van der Waals surface area (Å²) in [7, 11) is 2.17. The normalized spacial score (nSPS) is 28.7. The molecule has 1 saturated heterocycles. The van der Waals surface area contributed by atoms with Gasteiger partial charge in [-0.3, -0.25) is 0 Å². The van der Waals surface area contributed by atoms with Crippen molar-refractivity contribution in [2.45, 2.75) is 51.3 Å². The summed E-state index contributed by atoms with van der Waals surface area (Å²) in [4.78, 5) is 2.38. The SMILES string of the molecule is CC1OCCC1N(C)CCC(C)(C)N. The first kappa shape index (κ1) is 12.0. The Hall–Kier alpha value is -0.120. The van der Waals surface area contributed by atoms with E-state index in [2.05, 4.69) is 32.7 Å². The highest BCUT2D eigenvalue weighted by Crippen LogP contribution is 2.19. The molecule has 1 aliphatic rings. The molecule has 84 valence electrons. The highest BCUT2D eigenvalue weighted by Gasteiger charge is 2.28. The smallest absolute Gasteiger partial charge is 0.0702 e. The summed E-state index contributed by atoms with van der Waals surface area (Å²) in [5.74, 6) is 0. The third-order valence-corrected chi connectivity index (χ3v) is 3.01. The molecule has 0 aromatic rings. The minimum absolute atomic E-state index is 0.0586. The minimum Gasteiger partial charge on any atom is -0.377 e. The number of hydrogen-bond donors (Lipinski definition) is 1. The summed E-state index contributed by atoms with van der Waals surface area (Å²) in [5, 5.41) is 0. The quantitative estimate of drug-likeness (QED) is 0.741. The standard InChI is InChI=1S/C11H24N2O/c1-9-10(5-8-14-9)13(4)7-6-11(2,3)12/h9-10H,5-8,12H2,1-4H3. The average Bonchev–Trinajstić information content (AvgIpc) is 2.46. The molecule has 0 aromatic carbocycles. The van der Waals surface area contributed by atoms with Crippen molar-refractivity contribution < 1.29 is 4.74 Å². The molecule has 0 radical (unpaired) electrons. The van der Waals surface area contributed by atoms with Gasteiger partial charge in [-0.05, 0) is 47.2 Å². The van der Waals surface area contributed by atoms with Crippen LogP contribution in [0, 0.1) is 0 Å². The molecule has 0 spiro atoms. The van der Waals surface area contributed by atoms with Crippen LogP contribution in [0.4, 0.5) is 0 Å². The van der Waals surface area contributed by atoms with Gasteiger partial charge in [0.25, 0.3) is 0 Å². The van der Waals surface area contributed by atoms with Gasteiger partial charge >= 0.3 is 0 Å². The predicted octanol–water partition coefficient (Wildman–Crippen LogP) is 1.22. The van der Waals surface area contributed by atoms with E-state index in [0.29, 0.717) is 12.1 Å². The molecule has 2 unspecified atom stereocenters. The number of ether oxygens (including phenoxy) is 1. The molecule has 3 heteroatoms. The van der Waals surface area contributed by atoms with Gasteiger partial charge in [0.2, 0.25) is 0 Å². The zero-order chi connectivity index (χ0) is 10.8. The fourth-order valence-corrected chi connectivity index (χ4v) is 1.93. The molecular weight excluding hydrogens is 176 g/mol. The van der Waals surface area contributed by atoms with Crippen LogP contribution >= 0.6 is 0 Å². The van der Waals surface area contributed by atoms with E-state index >= 15 is 0 Å². The third-order valence-electron chi connectivity index (χ3n) is 3.01. The van der Waals surface area contributed by atoms with E-state index in [1.54, 1.807) is 0 Å². The molecule has 2 atom stereocenters. The van der Waals surface area contributed by atoms with Crippen LogP contribution in [0.15, 0.2) is 0 Å². The Balaban J connectivity index is 2.31.